The lowest BCUT2D eigenvalue weighted by molar-refractivity contribution is 0.598. The van der Waals surface area contributed by atoms with Gasteiger partial charge in [0.1, 0.15) is 5.15 Å². The van der Waals surface area contributed by atoms with E-state index in [0.717, 1.165) is 5.56 Å². The Morgan fingerprint density at radius 3 is 2.30 bits per heavy atom. The standard InChI is InChI=1S/C13H16ClN3O2S/c1-9(2)10-4-6-11(7-5-10)16-20(18,19)13-12(14)17(3)8-15-13/h4-9,16H,1-3H3. The van der Waals surface area contributed by atoms with E-state index in [1.807, 2.05) is 12.1 Å². The molecule has 0 saturated heterocycles. The molecule has 5 nitrogen and oxygen atoms in total. The number of halogens is 1. The fourth-order valence-electron chi connectivity index (χ4n) is 1.71. The number of nitrogens with zero attached hydrogens (tertiary/aromatic N) is 2. The molecule has 0 aliphatic carbocycles. The van der Waals surface area contributed by atoms with Gasteiger partial charge in [0, 0.05) is 12.7 Å². The van der Waals surface area contributed by atoms with Crippen LogP contribution in [0.5, 0.6) is 0 Å². The van der Waals surface area contributed by atoms with E-state index < -0.39 is 10.0 Å². The van der Waals surface area contributed by atoms with Crippen molar-refractivity contribution in [1.29, 1.82) is 0 Å². The van der Waals surface area contributed by atoms with Gasteiger partial charge < -0.3 is 4.57 Å². The van der Waals surface area contributed by atoms with Crippen LogP contribution in [0.2, 0.25) is 5.15 Å². The van der Waals surface area contributed by atoms with E-state index >= 15 is 0 Å². The number of aryl methyl sites for hydroxylation is 1. The zero-order valence-electron chi connectivity index (χ0n) is 11.5. The predicted molar refractivity (Wildman–Crippen MR) is 79.6 cm³/mol. The Balaban J connectivity index is 2.26. The van der Waals surface area contributed by atoms with E-state index in [1.165, 1.54) is 10.9 Å². The van der Waals surface area contributed by atoms with Crippen molar-refractivity contribution in [3.63, 3.8) is 0 Å². The molecule has 20 heavy (non-hydrogen) atoms. The summed E-state index contributed by atoms with van der Waals surface area (Å²) in [5.41, 5.74) is 1.62. The highest BCUT2D eigenvalue weighted by Crippen LogP contribution is 2.23. The number of sulfonamides is 1. The summed E-state index contributed by atoms with van der Waals surface area (Å²) in [6.07, 6.45) is 1.36. The number of anilines is 1. The Morgan fingerprint density at radius 1 is 1.25 bits per heavy atom. The number of benzene rings is 1. The molecule has 0 bridgehead atoms. The van der Waals surface area contributed by atoms with Crippen LogP contribution in [-0.2, 0) is 17.1 Å². The highest BCUT2D eigenvalue weighted by Gasteiger charge is 2.22. The summed E-state index contributed by atoms with van der Waals surface area (Å²) in [7, 11) is -2.14. The zero-order valence-corrected chi connectivity index (χ0v) is 13.0. The summed E-state index contributed by atoms with van der Waals surface area (Å²) >= 11 is 5.91. The SMILES string of the molecule is CC(C)c1ccc(NS(=O)(=O)c2ncn(C)c2Cl)cc1. The molecule has 0 atom stereocenters. The molecule has 0 unspecified atom stereocenters. The lowest BCUT2D eigenvalue weighted by atomic mass is 10.0. The second-order valence-electron chi connectivity index (χ2n) is 4.83. The Kier molecular flexibility index (Phi) is 4.06. The maximum absolute atomic E-state index is 12.2. The smallest absolute Gasteiger partial charge is 0.282 e. The highest BCUT2D eigenvalue weighted by atomic mass is 35.5. The fourth-order valence-corrected chi connectivity index (χ4v) is 3.21. The van der Waals surface area contributed by atoms with E-state index in [2.05, 4.69) is 23.6 Å². The molecule has 0 spiro atoms. The molecule has 0 aliphatic rings. The molecule has 0 amide bonds. The topological polar surface area (TPSA) is 64.0 Å². The number of hydrogen-bond acceptors (Lipinski definition) is 3. The first-order chi connectivity index (χ1) is 9.31. The number of nitrogens with one attached hydrogen (secondary N) is 1. The third-order valence-corrected chi connectivity index (χ3v) is 4.79. The summed E-state index contributed by atoms with van der Waals surface area (Å²) in [4.78, 5) is 3.81. The van der Waals surface area contributed by atoms with Gasteiger partial charge in [0.25, 0.3) is 10.0 Å². The Labute approximate surface area is 123 Å². The van der Waals surface area contributed by atoms with E-state index in [9.17, 15) is 8.42 Å². The van der Waals surface area contributed by atoms with Crippen molar-refractivity contribution < 1.29 is 8.42 Å². The minimum absolute atomic E-state index is 0.0799. The summed E-state index contributed by atoms with van der Waals surface area (Å²) in [6.45, 7) is 4.15. The van der Waals surface area contributed by atoms with Gasteiger partial charge in [-0.2, -0.15) is 8.42 Å². The van der Waals surface area contributed by atoms with Crippen molar-refractivity contribution in [3.8, 4) is 0 Å². The second kappa shape index (κ2) is 5.46. The minimum Gasteiger partial charge on any atom is -0.324 e. The van der Waals surface area contributed by atoms with Gasteiger partial charge in [0.2, 0.25) is 5.03 Å². The molecule has 1 aromatic carbocycles. The lowest BCUT2D eigenvalue weighted by Gasteiger charge is -2.09. The average Bonchev–Trinajstić information content (AvgIpc) is 2.71. The minimum atomic E-state index is -3.77. The van der Waals surface area contributed by atoms with E-state index in [1.54, 1.807) is 19.2 Å². The summed E-state index contributed by atoms with van der Waals surface area (Å²) < 4.78 is 28.3. The number of aromatic nitrogens is 2. The number of imidazole rings is 1. The predicted octanol–water partition coefficient (Wildman–Crippen LogP) is 3.00. The van der Waals surface area contributed by atoms with Gasteiger partial charge in [-0.1, -0.05) is 37.6 Å². The van der Waals surface area contributed by atoms with E-state index in [4.69, 9.17) is 11.6 Å². The lowest BCUT2D eigenvalue weighted by Crippen LogP contribution is -2.14. The van der Waals surface area contributed by atoms with Crippen LogP contribution in [0.25, 0.3) is 0 Å². The van der Waals surface area contributed by atoms with Crippen LogP contribution < -0.4 is 4.72 Å². The number of rotatable bonds is 4. The van der Waals surface area contributed by atoms with Crippen molar-refractivity contribution in [2.45, 2.75) is 24.8 Å². The number of hydrogen-bond donors (Lipinski definition) is 1. The first-order valence-corrected chi connectivity index (χ1v) is 7.97. The zero-order chi connectivity index (χ0) is 14.9. The fraction of sp³-hybridized carbons (Fsp3) is 0.308. The van der Waals surface area contributed by atoms with Gasteiger partial charge in [-0.25, -0.2) is 4.98 Å². The summed E-state index contributed by atoms with van der Waals surface area (Å²) in [5.74, 6) is 0.394. The second-order valence-corrected chi connectivity index (χ2v) is 6.79. The molecule has 0 aliphatic heterocycles. The quantitative estimate of drug-likeness (QED) is 0.943. The van der Waals surface area contributed by atoms with Crippen LogP contribution in [0.3, 0.4) is 0 Å². The monoisotopic (exact) mass is 313 g/mol. The molecular formula is C13H16ClN3O2S. The van der Waals surface area contributed by atoms with Crippen molar-refractivity contribution in [1.82, 2.24) is 9.55 Å². The van der Waals surface area contributed by atoms with Gasteiger partial charge in [0.05, 0.1) is 6.33 Å². The third kappa shape index (κ3) is 2.96. The molecule has 1 heterocycles. The molecular weight excluding hydrogens is 298 g/mol. The van der Waals surface area contributed by atoms with Crippen LogP contribution in [0.1, 0.15) is 25.3 Å². The molecule has 1 aromatic heterocycles. The van der Waals surface area contributed by atoms with Gasteiger partial charge in [-0.05, 0) is 23.6 Å². The van der Waals surface area contributed by atoms with Gasteiger partial charge in [0.15, 0.2) is 0 Å². The molecule has 0 saturated carbocycles. The van der Waals surface area contributed by atoms with Crippen molar-refractivity contribution in [2.75, 3.05) is 4.72 Å². The van der Waals surface area contributed by atoms with Gasteiger partial charge in [-0.15, -0.1) is 0 Å². The average molecular weight is 314 g/mol. The summed E-state index contributed by atoms with van der Waals surface area (Å²) in [6, 6.07) is 7.23. The largest absolute Gasteiger partial charge is 0.324 e. The van der Waals surface area contributed by atoms with Gasteiger partial charge >= 0.3 is 0 Å². The van der Waals surface area contributed by atoms with Crippen molar-refractivity contribution >= 4 is 27.3 Å². The van der Waals surface area contributed by atoms with Crippen LogP contribution in [-0.4, -0.2) is 18.0 Å². The van der Waals surface area contributed by atoms with E-state index in [-0.39, 0.29) is 10.2 Å². The Morgan fingerprint density at radius 2 is 1.85 bits per heavy atom. The van der Waals surface area contributed by atoms with Gasteiger partial charge in [-0.3, -0.25) is 4.72 Å². The third-order valence-electron chi connectivity index (χ3n) is 2.92. The molecule has 7 heteroatoms. The van der Waals surface area contributed by atoms with Crippen LogP contribution in [0, 0.1) is 0 Å². The molecule has 2 aromatic rings. The van der Waals surface area contributed by atoms with Crippen LogP contribution >= 0.6 is 11.6 Å². The molecule has 108 valence electrons. The van der Waals surface area contributed by atoms with Crippen molar-refractivity contribution in [3.05, 3.63) is 41.3 Å². The molecule has 0 radical (unpaired) electrons. The molecule has 0 fully saturated rings. The normalized spacial score (nSPS) is 11.8. The Hall–Kier alpha value is -1.53. The molecule has 2 rings (SSSR count). The maximum Gasteiger partial charge on any atom is 0.282 e. The van der Waals surface area contributed by atoms with Crippen LogP contribution in [0.15, 0.2) is 35.6 Å². The van der Waals surface area contributed by atoms with E-state index in [0.29, 0.717) is 11.6 Å². The van der Waals surface area contributed by atoms with Crippen molar-refractivity contribution in [2.24, 2.45) is 7.05 Å². The maximum atomic E-state index is 12.2. The van der Waals surface area contributed by atoms with Crippen LogP contribution in [0.4, 0.5) is 5.69 Å². The molecule has 1 N–H and O–H groups in total. The Bertz CT molecular complexity index is 706. The first-order valence-electron chi connectivity index (χ1n) is 6.11. The highest BCUT2D eigenvalue weighted by molar-refractivity contribution is 7.92. The first kappa shape index (κ1) is 14.9. The summed E-state index contributed by atoms with van der Waals surface area (Å²) in [5, 5.41) is -0.0918.